The van der Waals surface area contributed by atoms with Crippen molar-refractivity contribution in [3.05, 3.63) is 84.4 Å². The summed E-state index contributed by atoms with van der Waals surface area (Å²) < 4.78 is 11.4. The van der Waals surface area contributed by atoms with Gasteiger partial charge in [0.1, 0.15) is 17.2 Å². The number of unbranched alkanes of at least 4 members (excludes halogenated alkanes) is 2. The Balaban J connectivity index is 1.52. The Labute approximate surface area is 166 Å². The topological polar surface area (TPSA) is 47.6 Å². The predicted molar refractivity (Wildman–Crippen MR) is 112 cm³/mol. The highest BCUT2D eigenvalue weighted by Crippen LogP contribution is 2.23. The van der Waals surface area contributed by atoms with Gasteiger partial charge in [-0.05, 0) is 67.1 Å². The maximum Gasteiger partial charge on any atom is 0.255 e. The number of rotatable bonds is 9. The van der Waals surface area contributed by atoms with Gasteiger partial charge in [-0.25, -0.2) is 0 Å². The van der Waals surface area contributed by atoms with Crippen molar-refractivity contribution in [2.75, 3.05) is 11.9 Å². The molecule has 0 aromatic heterocycles. The third-order valence-electron chi connectivity index (χ3n) is 4.22. The molecular weight excluding hydrogens is 350 g/mol. The van der Waals surface area contributed by atoms with Crippen LogP contribution in [0.1, 0.15) is 36.5 Å². The lowest BCUT2D eigenvalue weighted by Gasteiger charge is -2.09. The molecule has 4 nitrogen and oxygen atoms in total. The lowest BCUT2D eigenvalue weighted by Crippen LogP contribution is -2.11. The van der Waals surface area contributed by atoms with Gasteiger partial charge in [0.05, 0.1) is 6.61 Å². The molecular formula is C24H25NO3. The number of amides is 1. The monoisotopic (exact) mass is 375 g/mol. The smallest absolute Gasteiger partial charge is 0.255 e. The van der Waals surface area contributed by atoms with Gasteiger partial charge in [0.15, 0.2) is 0 Å². The molecule has 0 radical (unpaired) electrons. The second-order valence-electron chi connectivity index (χ2n) is 6.47. The molecule has 0 fully saturated rings. The highest BCUT2D eigenvalue weighted by Gasteiger charge is 2.07. The van der Waals surface area contributed by atoms with E-state index in [2.05, 4.69) is 12.2 Å². The summed E-state index contributed by atoms with van der Waals surface area (Å²) in [4.78, 5) is 12.4. The standard InChI is InChI=1S/C24H25NO3/c1-2-3-7-18-27-21-14-10-19(11-15-21)24(26)25-20-12-16-23(17-13-20)28-22-8-5-4-6-9-22/h4-6,8-17H,2-3,7,18H2,1H3,(H,25,26). The van der Waals surface area contributed by atoms with Crippen molar-refractivity contribution in [1.82, 2.24) is 0 Å². The fourth-order valence-electron chi connectivity index (χ4n) is 2.68. The van der Waals surface area contributed by atoms with Gasteiger partial charge < -0.3 is 14.8 Å². The molecule has 4 heteroatoms. The van der Waals surface area contributed by atoms with Crippen LogP contribution in [0.5, 0.6) is 17.2 Å². The number of hydrogen-bond acceptors (Lipinski definition) is 3. The molecule has 0 unspecified atom stereocenters. The molecule has 3 aromatic rings. The van der Waals surface area contributed by atoms with Gasteiger partial charge in [0.2, 0.25) is 0 Å². The van der Waals surface area contributed by atoms with E-state index < -0.39 is 0 Å². The van der Waals surface area contributed by atoms with Crippen LogP contribution in [0.3, 0.4) is 0 Å². The highest BCUT2D eigenvalue weighted by molar-refractivity contribution is 6.04. The Hall–Kier alpha value is -3.27. The number of ether oxygens (including phenoxy) is 2. The summed E-state index contributed by atoms with van der Waals surface area (Å²) in [6.45, 7) is 2.87. The molecule has 144 valence electrons. The minimum Gasteiger partial charge on any atom is -0.494 e. The number of carbonyl (C=O) groups is 1. The first-order valence-corrected chi connectivity index (χ1v) is 9.62. The van der Waals surface area contributed by atoms with E-state index in [9.17, 15) is 4.79 Å². The van der Waals surface area contributed by atoms with Crippen molar-refractivity contribution < 1.29 is 14.3 Å². The minimum absolute atomic E-state index is 0.158. The van der Waals surface area contributed by atoms with Crippen LogP contribution in [-0.4, -0.2) is 12.5 Å². The van der Waals surface area contributed by atoms with E-state index in [4.69, 9.17) is 9.47 Å². The maximum absolute atomic E-state index is 12.4. The summed E-state index contributed by atoms with van der Waals surface area (Å²) in [5.74, 6) is 2.12. The fraction of sp³-hybridized carbons (Fsp3) is 0.208. The van der Waals surface area contributed by atoms with Gasteiger partial charge in [-0.15, -0.1) is 0 Å². The number of carbonyl (C=O) groups excluding carboxylic acids is 1. The fourth-order valence-corrected chi connectivity index (χ4v) is 2.68. The maximum atomic E-state index is 12.4. The molecule has 28 heavy (non-hydrogen) atoms. The van der Waals surface area contributed by atoms with Crippen molar-refractivity contribution in [2.45, 2.75) is 26.2 Å². The molecule has 0 aliphatic heterocycles. The summed E-state index contributed by atoms with van der Waals surface area (Å²) in [5, 5.41) is 2.89. The zero-order valence-corrected chi connectivity index (χ0v) is 16.1. The number of hydrogen-bond donors (Lipinski definition) is 1. The van der Waals surface area contributed by atoms with Crippen LogP contribution in [0.4, 0.5) is 5.69 Å². The van der Waals surface area contributed by atoms with E-state index in [1.165, 1.54) is 6.42 Å². The molecule has 3 rings (SSSR count). The third-order valence-corrected chi connectivity index (χ3v) is 4.22. The molecule has 1 N–H and O–H groups in total. The third kappa shape index (κ3) is 5.88. The summed E-state index contributed by atoms with van der Waals surface area (Å²) in [7, 11) is 0. The van der Waals surface area contributed by atoms with Gasteiger partial charge in [0, 0.05) is 11.3 Å². The number of anilines is 1. The molecule has 0 heterocycles. The van der Waals surface area contributed by atoms with Crippen LogP contribution in [0, 0.1) is 0 Å². The number of nitrogens with one attached hydrogen (secondary N) is 1. The summed E-state index contributed by atoms with van der Waals surface area (Å²) in [5.41, 5.74) is 1.30. The largest absolute Gasteiger partial charge is 0.494 e. The van der Waals surface area contributed by atoms with Crippen LogP contribution in [0.25, 0.3) is 0 Å². The van der Waals surface area contributed by atoms with Crippen molar-refractivity contribution >= 4 is 11.6 Å². The summed E-state index contributed by atoms with van der Waals surface area (Å²) in [6, 6.07) is 24.1. The zero-order valence-electron chi connectivity index (χ0n) is 16.1. The number of para-hydroxylation sites is 1. The quantitative estimate of drug-likeness (QED) is 0.446. The van der Waals surface area contributed by atoms with Gasteiger partial charge in [-0.2, -0.15) is 0 Å². The van der Waals surface area contributed by atoms with E-state index in [-0.39, 0.29) is 5.91 Å². The van der Waals surface area contributed by atoms with E-state index in [1.807, 2.05) is 66.7 Å². The molecule has 0 atom stereocenters. The molecule has 1 amide bonds. The second-order valence-corrected chi connectivity index (χ2v) is 6.47. The molecule has 0 saturated heterocycles. The Bertz CT molecular complexity index is 859. The van der Waals surface area contributed by atoms with E-state index in [0.717, 1.165) is 24.3 Å². The lowest BCUT2D eigenvalue weighted by molar-refractivity contribution is 0.102. The lowest BCUT2D eigenvalue weighted by atomic mass is 10.2. The Kier molecular flexibility index (Phi) is 7.08. The SMILES string of the molecule is CCCCCOc1ccc(C(=O)Nc2ccc(Oc3ccccc3)cc2)cc1. The van der Waals surface area contributed by atoms with E-state index >= 15 is 0 Å². The molecule has 0 aliphatic rings. The molecule has 3 aromatic carbocycles. The van der Waals surface area contributed by atoms with Crippen LogP contribution in [-0.2, 0) is 0 Å². The molecule has 0 bridgehead atoms. The van der Waals surface area contributed by atoms with Crippen LogP contribution >= 0.6 is 0 Å². The highest BCUT2D eigenvalue weighted by atomic mass is 16.5. The average molecular weight is 375 g/mol. The number of benzene rings is 3. The van der Waals surface area contributed by atoms with Crippen molar-refractivity contribution in [3.63, 3.8) is 0 Å². The van der Waals surface area contributed by atoms with E-state index in [1.54, 1.807) is 12.1 Å². The molecule has 0 saturated carbocycles. The van der Waals surface area contributed by atoms with Crippen molar-refractivity contribution in [2.24, 2.45) is 0 Å². The van der Waals surface area contributed by atoms with Crippen molar-refractivity contribution in [1.29, 1.82) is 0 Å². The first-order valence-electron chi connectivity index (χ1n) is 9.62. The van der Waals surface area contributed by atoms with Crippen LogP contribution < -0.4 is 14.8 Å². The van der Waals surface area contributed by atoms with Gasteiger partial charge in [0.25, 0.3) is 5.91 Å². The summed E-state index contributed by atoms with van der Waals surface area (Å²) >= 11 is 0. The molecule has 0 aliphatic carbocycles. The minimum atomic E-state index is -0.158. The second kappa shape index (κ2) is 10.2. The zero-order chi connectivity index (χ0) is 19.6. The van der Waals surface area contributed by atoms with Gasteiger partial charge in [-0.3, -0.25) is 4.79 Å². The van der Waals surface area contributed by atoms with E-state index in [0.29, 0.717) is 23.6 Å². The average Bonchev–Trinajstić information content (AvgIpc) is 2.74. The van der Waals surface area contributed by atoms with Gasteiger partial charge >= 0.3 is 0 Å². The summed E-state index contributed by atoms with van der Waals surface area (Å²) in [6.07, 6.45) is 3.38. The predicted octanol–water partition coefficient (Wildman–Crippen LogP) is 6.30. The Morgan fingerprint density at radius 3 is 2.11 bits per heavy atom. The van der Waals surface area contributed by atoms with Crippen molar-refractivity contribution in [3.8, 4) is 17.2 Å². The normalized spacial score (nSPS) is 10.3. The molecule has 0 spiro atoms. The van der Waals surface area contributed by atoms with Crippen LogP contribution in [0.15, 0.2) is 78.9 Å². The Morgan fingerprint density at radius 1 is 0.786 bits per heavy atom. The van der Waals surface area contributed by atoms with Crippen LogP contribution in [0.2, 0.25) is 0 Å². The van der Waals surface area contributed by atoms with Gasteiger partial charge in [-0.1, -0.05) is 38.0 Å². The Morgan fingerprint density at radius 2 is 1.43 bits per heavy atom. The first kappa shape index (κ1) is 19.5. The first-order chi connectivity index (χ1) is 13.7.